The van der Waals surface area contributed by atoms with Crippen molar-refractivity contribution in [3.05, 3.63) is 88.0 Å². The van der Waals surface area contributed by atoms with Gasteiger partial charge in [-0.15, -0.1) is 11.8 Å². The Labute approximate surface area is 272 Å². The number of aliphatic carboxylic acids is 1. The van der Waals surface area contributed by atoms with Crippen LogP contribution in [0.4, 0.5) is 5.69 Å². The molecular weight excluding hydrogens is 613 g/mol. The monoisotopic (exact) mass is 654 g/mol. The first-order chi connectivity index (χ1) is 21.6. The molecule has 3 rings (SSSR count). The van der Waals surface area contributed by atoms with E-state index in [1.807, 2.05) is 60.5 Å². The zero-order valence-corrected chi connectivity index (χ0v) is 27.6. The number of amides is 2. The van der Waals surface area contributed by atoms with Crippen molar-refractivity contribution in [1.82, 2.24) is 15.5 Å². The molecule has 0 saturated heterocycles. The fraction of sp³-hybridized carbons (Fsp3) is 0.424. The summed E-state index contributed by atoms with van der Waals surface area (Å²) in [5.41, 5.74) is 1.81. The van der Waals surface area contributed by atoms with E-state index in [9.17, 15) is 29.6 Å². The molecule has 0 saturated carbocycles. The Bertz CT molecular complexity index is 1450. The third kappa shape index (κ3) is 11.7. The minimum atomic E-state index is -1.06. The van der Waals surface area contributed by atoms with Gasteiger partial charge in [-0.25, -0.2) is 4.79 Å². The Morgan fingerprint density at radius 1 is 1.02 bits per heavy atom. The predicted octanol–water partition coefficient (Wildman–Crippen LogP) is 5.34. The van der Waals surface area contributed by atoms with Crippen LogP contribution in [0.5, 0.6) is 0 Å². The molecular formula is C33H42N4O6S2. The summed E-state index contributed by atoms with van der Waals surface area (Å²) in [6.07, 6.45) is 3.02. The molecule has 0 spiro atoms. The van der Waals surface area contributed by atoms with Crippen LogP contribution in [-0.2, 0) is 26.7 Å². The van der Waals surface area contributed by atoms with Crippen LogP contribution in [-0.4, -0.2) is 75.6 Å². The number of carbonyl (C=O) groups excluding carboxylic acids is 2. The highest BCUT2D eigenvalue weighted by atomic mass is 32.2. The Balaban J connectivity index is 1.75. The lowest BCUT2D eigenvalue weighted by molar-refractivity contribution is -0.384. The molecule has 3 atom stereocenters. The number of hydrogen-bond donors (Lipinski definition) is 3. The van der Waals surface area contributed by atoms with E-state index in [2.05, 4.69) is 17.6 Å². The fourth-order valence-corrected chi connectivity index (χ4v) is 6.25. The molecule has 0 aliphatic heterocycles. The number of carboxylic acids is 1. The first kappa shape index (κ1) is 35.9. The number of non-ortho nitro benzene ring substituents is 1. The highest BCUT2D eigenvalue weighted by Crippen LogP contribution is 2.22. The van der Waals surface area contributed by atoms with Crippen LogP contribution in [0.3, 0.4) is 0 Å². The van der Waals surface area contributed by atoms with Crippen LogP contribution in [0.15, 0.2) is 66.7 Å². The quantitative estimate of drug-likeness (QED) is 0.115. The van der Waals surface area contributed by atoms with Crippen molar-refractivity contribution in [2.75, 3.05) is 30.9 Å². The fourth-order valence-electron chi connectivity index (χ4n) is 4.99. The lowest BCUT2D eigenvalue weighted by Crippen LogP contribution is -2.51. The number of nitrogens with one attached hydrogen (secondary N) is 2. The van der Waals surface area contributed by atoms with E-state index >= 15 is 0 Å². The molecule has 0 bridgehead atoms. The number of nitrogens with zero attached hydrogens (tertiary/aromatic N) is 2. The summed E-state index contributed by atoms with van der Waals surface area (Å²) in [7, 11) is 0. The molecule has 3 aromatic carbocycles. The number of carboxylic acid groups (broad SMARTS) is 1. The molecule has 3 aromatic rings. The Kier molecular flexibility index (Phi) is 14.6. The average Bonchev–Trinajstić information content (AvgIpc) is 3.02. The number of hydrogen-bond acceptors (Lipinski definition) is 8. The van der Waals surface area contributed by atoms with E-state index in [0.29, 0.717) is 31.0 Å². The van der Waals surface area contributed by atoms with Crippen LogP contribution < -0.4 is 10.6 Å². The maximum atomic E-state index is 13.2. The van der Waals surface area contributed by atoms with Gasteiger partial charge in [0.25, 0.3) is 5.69 Å². The maximum Gasteiger partial charge on any atom is 0.326 e. The van der Waals surface area contributed by atoms with Gasteiger partial charge in [0.15, 0.2) is 0 Å². The summed E-state index contributed by atoms with van der Waals surface area (Å²) in [6.45, 7) is 4.89. The molecule has 0 aliphatic carbocycles. The van der Waals surface area contributed by atoms with Crippen molar-refractivity contribution >= 4 is 57.8 Å². The van der Waals surface area contributed by atoms with E-state index in [1.165, 1.54) is 35.7 Å². The summed E-state index contributed by atoms with van der Waals surface area (Å²) in [6, 6.07) is 19.2. The smallest absolute Gasteiger partial charge is 0.326 e. The second-order valence-electron chi connectivity index (χ2n) is 11.0. The minimum Gasteiger partial charge on any atom is -0.480 e. The summed E-state index contributed by atoms with van der Waals surface area (Å²) < 4.78 is 0. The highest BCUT2D eigenvalue weighted by Gasteiger charge is 2.25. The molecule has 1 unspecified atom stereocenters. The Morgan fingerprint density at radius 3 is 2.47 bits per heavy atom. The SMILES string of the molecule is CCC(C)[C@@H](CN(CC(=O)N[C@@H](CCSC)C(=O)O)Cc1cccc2ccccc12)NC(=O)CSCc1cccc([N+](=O)[O-])c1. The summed E-state index contributed by atoms with van der Waals surface area (Å²) in [4.78, 5) is 50.7. The zero-order valence-electron chi connectivity index (χ0n) is 25.9. The number of rotatable bonds is 19. The third-order valence-corrected chi connectivity index (χ3v) is 9.29. The van der Waals surface area contributed by atoms with Gasteiger partial charge in [0.05, 0.1) is 17.2 Å². The molecule has 3 N–H and O–H groups in total. The third-order valence-electron chi connectivity index (χ3n) is 7.64. The van der Waals surface area contributed by atoms with Crippen molar-refractivity contribution < 1.29 is 24.4 Å². The van der Waals surface area contributed by atoms with Crippen molar-refractivity contribution in [3.8, 4) is 0 Å². The number of carbonyl (C=O) groups is 3. The van der Waals surface area contributed by atoms with Gasteiger partial charge in [-0.05, 0) is 46.2 Å². The topological polar surface area (TPSA) is 142 Å². The van der Waals surface area contributed by atoms with Gasteiger partial charge in [0, 0.05) is 37.0 Å². The van der Waals surface area contributed by atoms with Crippen molar-refractivity contribution in [2.24, 2.45) is 5.92 Å². The maximum absolute atomic E-state index is 13.2. The normalized spacial score (nSPS) is 13.2. The molecule has 2 amide bonds. The second-order valence-corrected chi connectivity index (χ2v) is 13.0. The van der Waals surface area contributed by atoms with Crippen molar-refractivity contribution in [2.45, 2.75) is 51.1 Å². The molecule has 242 valence electrons. The van der Waals surface area contributed by atoms with E-state index in [1.54, 1.807) is 12.1 Å². The summed E-state index contributed by atoms with van der Waals surface area (Å²) in [5, 5.41) is 28.7. The van der Waals surface area contributed by atoms with Crippen LogP contribution in [0, 0.1) is 16.0 Å². The molecule has 45 heavy (non-hydrogen) atoms. The van der Waals surface area contributed by atoms with E-state index < -0.39 is 16.9 Å². The zero-order chi connectivity index (χ0) is 32.8. The van der Waals surface area contributed by atoms with Crippen molar-refractivity contribution in [1.29, 1.82) is 0 Å². The largest absolute Gasteiger partial charge is 0.480 e. The van der Waals surface area contributed by atoms with Crippen LogP contribution in [0.2, 0.25) is 0 Å². The minimum absolute atomic E-state index is 0.0173. The highest BCUT2D eigenvalue weighted by molar-refractivity contribution is 7.99. The van der Waals surface area contributed by atoms with Gasteiger partial charge >= 0.3 is 5.97 Å². The summed E-state index contributed by atoms with van der Waals surface area (Å²) in [5.74, 6) is -0.267. The van der Waals surface area contributed by atoms with E-state index in [4.69, 9.17) is 0 Å². The van der Waals surface area contributed by atoms with Gasteiger partial charge in [0.1, 0.15) is 6.04 Å². The molecule has 12 heteroatoms. The standard InChI is InChI=1S/C33H42N4O6S2/c1-4-23(2)30(35-32(39)22-45-21-24-9-7-13-27(17-24)37(42)43)19-36(20-31(38)34-29(33(40)41)15-16-44-3)18-26-12-8-11-25-10-5-6-14-28(25)26/h5-14,17,23,29-30H,4,15-16,18-22H2,1-3H3,(H,34,38)(H,35,39)(H,40,41)/t23?,29-,30+/m0/s1. The van der Waals surface area contributed by atoms with Gasteiger partial charge < -0.3 is 15.7 Å². The van der Waals surface area contributed by atoms with Crippen LogP contribution >= 0.6 is 23.5 Å². The van der Waals surface area contributed by atoms with Crippen LogP contribution in [0.25, 0.3) is 10.8 Å². The molecule has 0 heterocycles. The van der Waals surface area contributed by atoms with Crippen LogP contribution in [0.1, 0.15) is 37.8 Å². The Hall–Kier alpha value is -3.61. The van der Waals surface area contributed by atoms with Gasteiger partial charge in [-0.3, -0.25) is 24.6 Å². The van der Waals surface area contributed by atoms with Gasteiger partial charge in [-0.2, -0.15) is 11.8 Å². The van der Waals surface area contributed by atoms with Crippen molar-refractivity contribution in [3.63, 3.8) is 0 Å². The summed E-state index contributed by atoms with van der Waals surface area (Å²) >= 11 is 2.90. The molecule has 0 aromatic heterocycles. The number of nitro groups is 1. The molecule has 0 aliphatic rings. The number of thioether (sulfide) groups is 2. The van der Waals surface area contributed by atoms with E-state index in [0.717, 1.165) is 28.3 Å². The lowest BCUT2D eigenvalue weighted by Gasteiger charge is -2.31. The number of nitro benzene ring substituents is 1. The average molecular weight is 655 g/mol. The number of benzene rings is 3. The first-order valence-electron chi connectivity index (χ1n) is 14.9. The second kappa shape index (κ2) is 18.4. The Morgan fingerprint density at radius 2 is 1.76 bits per heavy atom. The lowest BCUT2D eigenvalue weighted by atomic mass is 9.97. The predicted molar refractivity (Wildman–Crippen MR) is 182 cm³/mol. The first-order valence-corrected chi connectivity index (χ1v) is 17.5. The molecule has 0 fully saturated rings. The molecule has 0 radical (unpaired) electrons. The van der Waals surface area contributed by atoms with Gasteiger partial charge in [0.2, 0.25) is 11.8 Å². The van der Waals surface area contributed by atoms with Gasteiger partial charge in [-0.1, -0.05) is 74.9 Å². The number of fused-ring (bicyclic) bond motifs is 1. The molecule has 10 nitrogen and oxygen atoms in total. The van der Waals surface area contributed by atoms with E-state index in [-0.39, 0.29) is 41.8 Å².